The van der Waals surface area contributed by atoms with Crippen LogP contribution in [0.15, 0.2) is 0 Å². The summed E-state index contributed by atoms with van der Waals surface area (Å²) >= 11 is 0. The first-order valence-corrected chi connectivity index (χ1v) is 5.59. The van der Waals surface area contributed by atoms with E-state index in [1.165, 1.54) is 0 Å². The number of rotatable bonds is 8. The minimum atomic E-state index is -0.745. The predicted octanol–water partition coefficient (Wildman–Crippen LogP) is -0.252. The lowest BCUT2D eigenvalue weighted by Gasteiger charge is -2.01. The van der Waals surface area contributed by atoms with Crippen molar-refractivity contribution in [3.05, 3.63) is 0 Å². The van der Waals surface area contributed by atoms with Gasteiger partial charge in [-0.3, -0.25) is 4.79 Å². The van der Waals surface area contributed by atoms with E-state index < -0.39 is 5.97 Å². The van der Waals surface area contributed by atoms with E-state index in [0.717, 1.165) is 0 Å². The molecule has 112 valence electrons. The number of aliphatic carboxylic acids is 1. The lowest BCUT2D eigenvalue weighted by molar-refractivity contribution is -0.136. The van der Waals surface area contributed by atoms with Crippen molar-refractivity contribution in [3.63, 3.8) is 0 Å². The Kier molecular flexibility index (Phi) is 31.4. The zero-order valence-electron chi connectivity index (χ0n) is 11.4. The zero-order valence-corrected chi connectivity index (χ0v) is 11.4. The molecule has 0 atom stereocenters. The topological polar surface area (TPSA) is 105 Å². The van der Waals surface area contributed by atoms with Gasteiger partial charge < -0.3 is 29.5 Å². The standard InChI is InChI=1S/C6H14O4.C3H6O2.C2H6O/c7-1-3-9-5-6-10-4-2-8;1-2-3(4)5;1-3-2/h7-8H,1-6H2;2H2,1H3,(H,4,5);1-2H3. The molecule has 0 amide bonds. The molecule has 0 saturated heterocycles. The number of aliphatic hydroxyl groups is 2. The second-order valence-electron chi connectivity index (χ2n) is 2.83. The first-order chi connectivity index (χ1) is 8.60. The van der Waals surface area contributed by atoms with Gasteiger partial charge in [-0.05, 0) is 0 Å². The molecular formula is C11H26O7. The van der Waals surface area contributed by atoms with Crippen molar-refractivity contribution < 1.29 is 34.3 Å². The van der Waals surface area contributed by atoms with Gasteiger partial charge in [-0.2, -0.15) is 0 Å². The van der Waals surface area contributed by atoms with Crippen molar-refractivity contribution in [2.45, 2.75) is 13.3 Å². The summed E-state index contributed by atoms with van der Waals surface area (Å²) in [5.41, 5.74) is 0. The summed E-state index contributed by atoms with van der Waals surface area (Å²) < 4.78 is 14.0. The molecule has 0 radical (unpaired) electrons. The highest BCUT2D eigenvalue weighted by molar-refractivity contribution is 5.66. The number of carboxylic acid groups (broad SMARTS) is 1. The first-order valence-electron chi connectivity index (χ1n) is 5.59. The largest absolute Gasteiger partial charge is 0.481 e. The summed E-state index contributed by atoms with van der Waals surface area (Å²) in [4.78, 5) is 9.37. The lowest BCUT2D eigenvalue weighted by Crippen LogP contribution is -2.09. The highest BCUT2D eigenvalue weighted by atomic mass is 16.5. The van der Waals surface area contributed by atoms with E-state index in [-0.39, 0.29) is 19.6 Å². The Morgan fingerprint density at radius 3 is 1.39 bits per heavy atom. The summed E-state index contributed by atoms with van der Waals surface area (Å²) in [5, 5.41) is 24.2. The first kappa shape index (κ1) is 22.5. The Morgan fingerprint density at radius 2 is 1.22 bits per heavy atom. The van der Waals surface area contributed by atoms with Crippen LogP contribution in [-0.2, 0) is 19.0 Å². The van der Waals surface area contributed by atoms with Crippen LogP contribution in [0.4, 0.5) is 0 Å². The van der Waals surface area contributed by atoms with Gasteiger partial charge in [0, 0.05) is 20.6 Å². The monoisotopic (exact) mass is 270 g/mol. The van der Waals surface area contributed by atoms with Gasteiger partial charge in [0.25, 0.3) is 0 Å². The molecule has 7 nitrogen and oxygen atoms in total. The van der Waals surface area contributed by atoms with Crippen molar-refractivity contribution in [1.29, 1.82) is 0 Å². The van der Waals surface area contributed by atoms with Gasteiger partial charge in [-0.25, -0.2) is 0 Å². The summed E-state index contributed by atoms with van der Waals surface area (Å²) in [6.07, 6.45) is 0.222. The molecule has 0 spiro atoms. The number of hydrogen-bond donors (Lipinski definition) is 3. The quantitative estimate of drug-likeness (QED) is 0.522. The van der Waals surface area contributed by atoms with Crippen LogP contribution in [0.1, 0.15) is 13.3 Å². The Bertz CT molecular complexity index is 133. The number of methoxy groups -OCH3 is 1. The van der Waals surface area contributed by atoms with Gasteiger partial charge in [-0.1, -0.05) is 6.92 Å². The molecule has 3 N–H and O–H groups in total. The van der Waals surface area contributed by atoms with Gasteiger partial charge in [0.05, 0.1) is 39.6 Å². The molecule has 0 bridgehead atoms. The van der Waals surface area contributed by atoms with Gasteiger partial charge in [0.15, 0.2) is 0 Å². The molecular weight excluding hydrogens is 244 g/mol. The van der Waals surface area contributed by atoms with Crippen molar-refractivity contribution in [3.8, 4) is 0 Å². The lowest BCUT2D eigenvalue weighted by atomic mass is 10.5. The minimum absolute atomic E-state index is 0.0417. The summed E-state index contributed by atoms with van der Waals surface area (Å²) in [6, 6.07) is 0. The van der Waals surface area contributed by atoms with Crippen molar-refractivity contribution in [2.24, 2.45) is 0 Å². The fourth-order valence-electron chi connectivity index (χ4n) is 0.451. The fraction of sp³-hybridized carbons (Fsp3) is 0.909. The van der Waals surface area contributed by atoms with E-state index in [2.05, 4.69) is 4.74 Å². The average Bonchev–Trinajstić information content (AvgIpc) is 2.35. The second-order valence-corrected chi connectivity index (χ2v) is 2.83. The van der Waals surface area contributed by atoms with Crippen molar-refractivity contribution in [1.82, 2.24) is 0 Å². The molecule has 0 aromatic carbocycles. The Morgan fingerprint density at radius 1 is 0.944 bits per heavy atom. The van der Waals surface area contributed by atoms with Crippen LogP contribution < -0.4 is 0 Å². The third-order valence-corrected chi connectivity index (χ3v) is 1.15. The smallest absolute Gasteiger partial charge is 0.303 e. The van der Waals surface area contributed by atoms with Gasteiger partial charge >= 0.3 is 5.97 Å². The number of aliphatic hydroxyl groups excluding tert-OH is 2. The fourth-order valence-corrected chi connectivity index (χ4v) is 0.451. The number of ether oxygens (including phenoxy) is 3. The molecule has 0 aliphatic heterocycles. The summed E-state index contributed by atoms with van der Waals surface area (Å²) in [5.74, 6) is -0.745. The maximum Gasteiger partial charge on any atom is 0.303 e. The molecule has 0 saturated carbocycles. The third kappa shape index (κ3) is 45.5. The van der Waals surface area contributed by atoms with Gasteiger partial charge in [0.1, 0.15) is 0 Å². The van der Waals surface area contributed by atoms with Crippen LogP contribution in [0.25, 0.3) is 0 Å². The Labute approximate surface area is 108 Å². The molecule has 0 rings (SSSR count). The molecule has 18 heavy (non-hydrogen) atoms. The molecule has 0 aromatic rings. The third-order valence-electron chi connectivity index (χ3n) is 1.15. The highest BCUT2D eigenvalue weighted by Crippen LogP contribution is 1.76. The predicted molar refractivity (Wildman–Crippen MR) is 66.7 cm³/mol. The molecule has 0 heterocycles. The summed E-state index contributed by atoms with van der Waals surface area (Å²) in [6.45, 7) is 3.33. The van der Waals surface area contributed by atoms with Crippen LogP contribution in [0.3, 0.4) is 0 Å². The van der Waals surface area contributed by atoms with E-state index in [4.69, 9.17) is 24.8 Å². The molecule has 0 unspecified atom stereocenters. The van der Waals surface area contributed by atoms with E-state index in [0.29, 0.717) is 26.4 Å². The zero-order chi connectivity index (χ0) is 14.6. The van der Waals surface area contributed by atoms with E-state index in [9.17, 15) is 4.79 Å². The molecule has 0 aliphatic rings. The number of hydrogen-bond acceptors (Lipinski definition) is 6. The van der Waals surface area contributed by atoms with Gasteiger partial charge in [-0.15, -0.1) is 0 Å². The highest BCUT2D eigenvalue weighted by Gasteiger charge is 1.86. The Hall–Kier alpha value is -0.730. The van der Waals surface area contributed by atoms with Crippen LogP contribution in [-0.4, -0.2) is 75.1 Å². The second kappa shape index (κ2) is 25.2. The van der Waals surface area contributed by atoms with E-state index in [1.54, 1.807) is 21.1 Å². The maximum atomic E-state index is 9.37. The minimum Gasteiger partial charge on any atom is -0.481 e. The van der Waals surface area contributed by atoms with Crippen LogP contribution in [0.2, 0.25) is 0 Å². The molecule has 0 aliphatic carbocycles. The van der Waals surface area contributed by atoms with Crippen LogP contribution in [0.5, 0.6) is 0 Å². The normalized spacial score (nSPS) is 8.72. The molecule has 0 fully saturated rings. The number of carbonyl (C=O) groups is 1. The average molecular weight is 270 g/mol. The SMILES string of the molecule is CCC(=O)O.COC.OCCOCCOCCO. The number of carboxylic acids is 1. The Balaban J connectivity index is -0.000000235. The molecule has 7 heteroatoms. The van der Waals surface area contributed by atoms with Crippen molar-refractivity contribution >= 4 is 5.97 Å². The molecule has 0 aromatic heterocycles. The van der Waals surface area contributed by atoms with Crippen molar-refractivity contribution in [2.75, 3.05) is 53.9 Å². The van der Waals surface area contributed by atoms with E-state index in [1.807, 2.05) is 0 Å². The van der Waals surface area contributed by atoms with Crippen LogP contribution >= 0.6 is 0 Å². The van der Waals surface area contributed by atoms with Crippen LogP contribution in [0, 0.1) is 0 Å². The van der Waals surface area contributed by atoms with E-state index >= 15 is 0 Å². The summed E-state index contributed by atoms with van der Waals surface area (Å²) in [7, 11) is 3.25. The maximum absolute atomic E-state index is 9.37. The van der Waals surface area contributed by atoms with Gasteiger partial charge in [0.2, 0.25) is 0 Å².